The van der Waals surface area contributed by atoms with E-state index in [0.717, 1.165) is 12.1 Å². The second-order valence-corrected chi connectivity index (χ2v) is 7.55. The summed E-state index contributed by atoms with van der Waals surface area (Å²) in [6.45, 7) is 3.02. The molecule has 5 rings (SSSR count). The molecule has 1 amide bonds. The van der Waals surface area contributed by atoms with Crippen LogP contribution in [0.15, 0.2) is 36.8 Å². The Hall–Kier alpha value is -3.40. The van der Waals surface area contributed by atoms with E-state index in [4.69, 9.17) is 9.72 Å². The van der Waals surface area contributed by atoms with E-state index in [2.05, 4.69) is 9.97 Å². The molecule has 1 saturated heterocycles. The molecule has 10 heteroatoms. The smallest absolute Gasteiger partial charge is 0.249 e. The number of hydrogen-bond acceptors (Lipinski definition) is 6. The lowest BCUT2D eigenvalue weighted by atomic mass is 10.0. The van der Waals surface area contributed by atoms with Crippen molar-refractivity contribution in [1.29, 1.82) is 0 Å². The normalized spacial score (nSPS) is 18.8. The number of likely N-dealkylation sites (N-methyl/N-ethyl adjacent to an activating group) is 1. The number of amides is 1. The quantitative estimate of drug-likeness (QED) is 0.638. The fourth-order valence-electron chi connectivity index (χ4n) is 4.01. The number of fused-ring (bicyclic) bond motifs is 1. The molecule has 0 saturated carbocycles. The number of carbonyl (C=O) groups excluding carboxylic acids is 1. The molecular formula is C21H20F2N6O2. The van der Waals surface area contributed by atoms with E-state index in [9.17, 15) is 13.6 Å². The molecule has 31 heavy (non-hydrogen) atoms. The predicted molar refractivity (Wildman–Crippen MR) is 109 cm³/mol. The third-order valence-electron chi connectivity index (χ3n) is 5.73. The molecule has 2 aromatic heterocycles. The summed E-state index contributed by atoms with van der Waals surface area (Å²) in [6.07, 6.45) is 5.43. The van der Waals surface area contributed by atoms with Crippen molar-refractivity contribution in [2.24, 2.45) is 0 Å². The number of anilines is 2. The Bertz CT molecular complexity index is 1160. The number of hydrogen-bond donors (Lipinski definition) is 0. The first-order chi connectivity index (χ1) is 15.0. The number of nitrogens with zero attached hydrogens (tertiary/aromatic N) is 6. The maximum Gasteiger partial charge on any atom is 0.249 e. The van der Waals surface area contributed by atoms with Gasteiger partial charge in [-0.15, -0.1) is 0 Å². The van der Waals surface area contributed by atoms with Crippen LogP contribution in [0.3, 0.4) is 0 Å². The Labute approximate surface area is 177 Å². The Balaban J connectivity index is 1.62. The molecule has 0 bridgehead atoms. The lowest BCUT2D eigenvalue weighted by Gasteiger charge is -2.47. The van der Waals surface area contributed by atoms with Crippen molar-refractivity contribution in [3.63, 3.8) is 0 Å². The SMILES string of the molecule is CC[C@@H]1C(=O)N(C)c2cnc(-n3ccnc3-c3ccc(F)c(F)c3)nc2N1C1COC1. The van der Waals surface area contributed by atoms with E-state index >= 15 is 0 Å². The number of imidazole rings is 1. The van der Waals surface area contributed by atoms with Crippen LogP contribution in [0.2, 0.25) is 0 Å². The average Bonchev–Trinajstić information content (AvgIpc) is 3.22. The van der Waals surface area contributed by atoms with E-state index in [-0.39, 0.29) is 18.0 Å². The monoisotopic (exact) mass is 426 g/mol. The van der Waals surface area contributed by atoms with Crippen LogP contribution in [0, 0.1) is 11.6 Å². The highest BCUT2D eigenvalue weighted by atomic mass is 19.2. The van der Waals surface area contributed by atoms with Gasteiger partial charge in [0, 0.05) is 25.0 Å². The fourth-order valence-corrected chi connectivity index (χ4v) is 4.01. The van der Waals surface area contributed by atoms with Gasteiger partial charge in [-0.05, 0) is 24.6 Å². The standard InChI is InChI=1S/C21H20F2N6O2/c1-3-16-20(30)27(2)17-9-25-21(26-19(17)29(16)13-10-31-11-13)28-7-6-24-18(28)12-4-5-14(22)15(23)8-12/h4-9,13,16H,3,10-11H2,1-2H3/t16-/m1/s1. The lowest BCUT2D eigenvalue weighted by molar-refractivity contribution is -0.120. The molecule has 8 nitrogen and oxygen atoms in total. The van der Waals surface area contributed by atoms with Crippen molar-refractivity contribution in [2.75, 3.05) is 30.1 Å². The fraction of sp³-hybridized carbons (Fsp3) is 0.333. The second-order valence-electron chi connectivity index (χ2n) is 7.55. The van der Waals surface area contributed by atoms with Gasteiger partial charge in [0.15, 0.2) is 17.5 Å². The molecule has 1 atom stereocenters. The number of benzene rings is 1. The van der Waals surface area contributed by atoms with Crippen LogP contribution in [0.4, 0.5) is 20.3 Å². The largest absolute Gasteiger partial charge is 0.377 e. The summed E-state index contributed by atoms with van der Waals surface area (Å²) in [6, 6.07) is 3.31. The van der Waals surface area contributed by atoms with Crippen molar-refractivity contribution >= 4 is 17.4 Å². The van der Waals surface area contributed by atoms with Gasteiger partial charge in [0.1, 0.15) is 17.6 Å². The van der Waals surface area contributed by atoms with Gasteiger partial charge in [0.05, 0.1) is 25.5 Å². The number of rotatable bonds is 4. The first-order valence-corrected chi connectivity index (χ1v) is 9.99. The summed E-state index contributed by atoms with van der Waals surface area (Å²) in [5, 5.41) is 0. The molecule has 1 aromatic carbocycles. The highest BCUT2D eigenvalue weighted by molar-refractivity contribution is 6.04. The Morgan fingerprint density at radius 3 is 2.68 bits per heavy atom. The summed E-state index contributed by atoms with van der Waals surface area (Å²) in [5.74, 6) is -0.562. The van der Waals surface area contributed by atoms with E-state index in [1.54, 1.807) is 35.1 Å². The van der Waals surface area contributed by atoms with Gasteiger partial charge in [-0.25, -0.2) is 18.7 Å². The van der Waals surface area contributed by atoms with Crippen LogP contribution in [0.5, 0.6) is 0 Å². The van der Waals surface area contributed by atoms with Gasteiger partial charge in [-0.1, -0.05) is 6.92 Å². The molecule has 0 spiro atoms. The van der Waals surface area contributed by atoms with Crippen LogP contribution >= 0.6 is 0 Å². The number of carbonyl (C=O) groups is 1. The zero-order valence-electron chi connectivity index (χ0n) is 17.0. The molecular weight excluding hydrogens is 406 g/mol. The minimum absolute atomic E-state index is 0.0108. The van der Waals surface area contributed by atoms with Gasteiger partial charge < -0.3 is 14.5 Å². The zero-order chi connectivity index (χ0) is 21.7. The van der Waals surface area contributed by atoms with Gasteiger partial charge >= 0.3 is 0 Å². The van der Waals surface area contributed by atoms with Crippen molar-refractivity contribution < 1.29 is 18.3 Å². The van der Waals surface area contributed by atoms with Gasteiger partial charge in [0.2, 0.25) is 11.9 Å². The summed E-state index contributed by atoms with van der Waals surface area (Å²) in [7, 11) is 1.71. The minimum Gasteiger partial charge on any atom is -0.377 e. The highest BCUT2D eigenvalue weighted by Gasteiger charge is 2.42. The molecule has 0 radical (unpaired) electrons. The average molecular weight is 426 g/mol. The summed E-state index contributed by atoms with van der Waals surface area (Å²) >= 11 is 0. The summed E-state index contributed by atoms with van der Waals surface area (Å²) < 4.78 is 34.1. The topological polar surface area (TPSA) is 76.4 Å². The first-order valence-electron chi connectivity index (χ1n) is 9.99. The van der Waals surface area contributed by atoms with Crippen LogP contribution in [-0.4, -0.2) is 57.8 Å². The third kappa shape index (κ3) is 3.05. The van der Waals surface area contributed by atoms with Crippen molar-refractivity contribution in [2.45, 2.75) is 25.4 Å². The third-order valence-corrected chi connectivity index (χ3v) is 5.73. The van der Waals surface area contributed by atoms with Crippen LogP contribution in [0.25, 0.3) is 17.3 Å². The minimum atomic E-state index is -0.958. The Morgan fingerprint density at radius 2 is 2.00 bits per heavy atom. The number of ether oxygens (including phenoxy) is 1. The molecule has 0 aliphatic carbocycles. The molecule has 0 unspecified atom stereocenters. The molecule has 2 aliphatic heterocycles. The van der Waals surface area contributed by atoms with Crippen LogP contribution < -0.4 is 9.80 Å². The molecule has 2 aliphatic rings. The van der Waals surface area contributed by atoms with Crippen LogP contribution in [-0.2, 0) is 9.53 Å². The van der Waals surface area contributed by atoms with E-state index in [0.29, 0.717) is 48.5 Å². The molecule has 160 valence electrons. The molecule has 3 aromatic rings. The van der Waals surface area contributed by atoms with Crippen molar-refractivity contribution in [3.8, 4) is 17.3 Å². The van der Waals surface area contributed by atoms with Gasteiger partial charge in [0.25, 0.3) is 0 Å². The predicted octanol–water partition coefficient (Wildman–Crippen LogP) is 2.57. The van der Waals surface area contributed by atoms with E-state index < -0.39 is 11.6 Å². The molecule has 4 heterocycles. The van der Waals surface area contributed by atoms with E-state index in [1.165, 1.54) is 6.07 Å². The summed E-state index contributed by atoms with van der Waals surface area (Å²) in [5.41, 5.74) is 1.01. The lowest BCUT2D eigenvalue weighted by Crippen LogP contribution is -2.61. The van der Waals surface area contributed by atoms with Crippen LogP contribution in [0.1, 0.15) is 13.3 Å². The van der Waals surface area contributed by atoms with Gasteiger partial charge in [-0.3, -0.25) is 9.36 Å². The van der Waals surface area contributed by atoms with Gasteiger partial charge in [-0.2, -0.15) is 4.98 Å². The Morgan fingerprint density at radius 1 is 1.19 bits per heavy atom. The molecule has 1 fully saturated rings. The number of halogens is 2. The first kappa shape index (κ1) is 19.6. The molecule has 0 N–H and O–H groups in total. The van der Waals surface area contributed by atoms with Crippen molar-refractivity contribution in [3.05, 3.63) is 48.4 Å². The zero-order valence-corrected chi connectivity index (χ0v) is 17.0. The number of aromatic nitrogens is 4. The second kappa shape index (κ2) is 7.38. The summed E-state index contributed by atoms with van der Waals surface area (Å²) in [4.78, 5) is 30.0. The van der Waals surface area contributed by atoms with Crippen molar-refractivity contribution in [1.82, 2.24) is 19.5 Å². The maximum atomic E-state index is 13.8. The maximum absolute atomic E-state index is 13.8. The highest BCUT2D eigenvalue weighted by Crippen LogP contribution is 2.37. The van der Waals surface area contributed by atoms with E-state index in [1.807, 2.05) is 11.8 Å². The Kier molecular flexibility index (Phi) is 4.66.